The topological polar surface area (TPSA) is 43.1 Å². The SMILES string of the molecule is Fc1cc(Cl)ccc1-c1nnc2sc(C3CCC3)nn12. The Morgan fingerprint density at radius 2 is 2.15 bits per heavy atom. The van der Waals surface area contributed by atoms with Gasteiger partial charge in [0, 0.05) is 10.9 Å². The molecule has 102 valence electrons. The summed E-state index contributed by atoms with van der Waals surface area (Å²) in [4.78, 5) is 0.705. The molecule has 1 saturated carbocycles. The van der Waals surface area contributed by atoms with Crippen molar-refractivity contribution in [1.29, 1.82) is 0 Å². The molecule has 4 nitrogen and oxygen atoms in total. The van der Waals surface area contributed by atoms with Crippen LogP contribution in [-0.4, -0.2) is 19.8 Å². The molecule has 4 rings (SSSR count). The van der Waals surface area contributed by atoms with E-state index in [2.05, 4.69) is 15.3 Å². The van der Waals surface area contributed by atoms with E-state index in [1.807, 2.05) is 0 Å². The largest absolute Gasteiger partial charge is 0.234 e. The number of benzene rings is 1. The molecule has 0 amide bonds. The van der Waals surface area contributed by atoms with Crippen molar-refractivity contribution >= 4 is 27.9 Å². The van der Waals surface area contributed by atoms with Gasteiger partial charge in [-0.3, -0.25) is 0 Å². The van der Waals surface area contributed by atoms with Crippen LogP contribution in [-0.2, 0) is 0 Å². The van der Waals surface area contributed by atoms with Gasteiger partial charge < -0.3 is 0 Å². The van der Waals surface area contributed by atoms with Crippen molar-refractivity contribution in [2.24, 2.45) is 0 Å². The number of fused-ring (bicyclic) bond motifs is 1. The molecule has 2 heterocycles. The molecule has 0 aliphatic heterocycles. The summed E-state index contributed by atoms with van der Waals surface area (Å²) in [6.45, 7) is 0. The summed E-state index contributed by atoms with van der Waals surface area (Å²) >= 11 is 7.31. The van der Waals surface area contributed by atoms with Crippen molar-refractivity contribution in [3.05, 3.63) is 34.0 Å². The molecule has 1 aromatic carbocycles. The number of hydrogen-bond donors (Lipinski definition) is 0. The molecule has 0 N–H and O–H groups in total. The molecule has 0 atom stereocenters. The van der Waals surface area contributed by atoms with E-state index in [4.69, 9.17) is 11.6 Å². The van der Waals surface area contributed by atoms with Gasteiger partial charge in [0.25, 0.3) is 0 Å². The summed E-state index contributed by atoms with van der Waals surface area (Å²) in [6, 6.07) is 4.52. The number of hydrogen-bond acceptors (Lipinski definition) is 4. The summed E-state index contributed by atoms with van der Waals surface area (Å²) in [7, 11) is 0. The fourth-order valence-electron chi connectivity index (χ4n) is 2.29. The van der Waals surface area contributed by atoms with Gasteiger partial charge in [-0.2, -0.15) is 9.61 Å². The van der Waals surface area contributed by atoms with E-state index in [9.17, 15) is 4.39 Å². The second-order valence-corrected chi connectivity index (χ2v) is 6.33. The first-order valence-corrected chi connectivity index (χ1v) is 7.59. The lowest BCUT2D eigenvalue weighted by atomic mass is 9.86. The maximum Gasteiger partial charge on any atom is 0.234 e. The minimum atomic E-state index is -0.412. The lowest BCUT2D eigenvalue weighted by molar-refractivity contribution is 0.415. The Bertz CT molecular complexity index is 793. The molecule has 0 unspecified atom stereocenters. The molecule has 0 radical (unpaired) electrons. The fraction of sp³-hybridized carbons (Fsp3) is 0.308. The number of halogens is 2. The highest BCUT2D eigenvalue weighted by Crippen LogP contribution is 2.38. The Hall–Kier alpha value is -1.53. The van der Waals surface area contributed by atoms with Gasteiger partial charge >= 0.3 is 0 Å². The number of nitrogens with zero attached hydrogens (tertiary/aromatic N) is 4. The highest BCUT2D eigenvalue weighted by atomic mass is 35.5. The van der Waals surface area contributed by atoms with Gasteiger partial charge in [-0.15, -0.1) is 10.2 Å². The Kier molecular flexibility index (Phi) is 2.75. The van der Waals surface area contributed by atoms with Crippen molar-refractivity contribution in [2.45, 2.75) is 25.2 Å². The van der Waals surface area contributed by atoms with Crippen molar-refractivity contribution < 1.29 is 4.39 Å². The van der Waals surface area contributed by atoms with Crippen molar-refractivity contribution in [3.63, 3.8) is 0 Å². The fourth-order valence-corrected chi connectivity index (χ4v) is 3.46. The van der Waals surface area contributed by atoms with E-state index in [0.717, 1.165) is 5.01 Å². The Morgan fingerprint density at radius 3 is 2.85 bits per heavy atom. The highest BCUT2D eigenvalue weighted by Gasteiger charge is 2.25. The summed E-state index contributed by atoms with van der Waals surface area (Å²) < 4.78 is 15.6. The van der Waals surface area contributed by atoms with E-state index in [1.54, 1.807) is 16.6 Å². The lowest BCUT2D eigenvalue weighted by Crippen LogP contribution is -2.08. The quantitative estimate of drug-likeness (QED) is 0.721. The third-order valence-electron chi connectivity index (χ3n) is 3.63. The van der Waals surface area contributed by atoms with Crippen molar-refractivity contribution in [2.75, 3.05) is 0 Å². The second kappa shape index (κ2) is 4.49. The zero-order chi connectivity index (χ0) is 13.7. The first-order chi connectivity index (χ1) is 9.72. The second-order valence-electron chi connectivity index (χ2n) is 4.91. The third kappa shape index (κ3) is 1.83. The van der Waals surface area contributed by atoms with E-state index >= 15 is 0 Å². The van der Waals surface area contributed by atoms with Crippen molar-refractivity contribution in [3.8, 4) is 11.4 Å². The van der Waals surface area contributed by atoms with Crippen LogP contribution in [0.1, 0.15) is 30.2 Å². The number of rotatable bonds is 2. The van der Waals surface area contributed by atoms with Gasteiger partial charge in [0.2, 0.25) is 4.96 Å². The van der Waals surface area contributed by atoms with Crippen LogP contribution in [0.2, 0.25) is 5.02 Å². The predicted octanol–water partition coefficient (Wildman–Crippen LogP) is 3.91. The predicted molar refractivity (Wildman–Crippen MR) is 75.7 cm³/mol. The maximum atomic E-state index is 14.0. The normalized spacial score (nSPS) is 15.7. The summed E-state index contributed by atoms with van der Waals surface area (Å²) in [5.74, 6) is 0.547. The molecule has 0 saturated heterocycles. The third-order valence-corrected chi connectivity index (χ3v) is 4.93. The Morgan fingerprint density at radius 1 is 1.30 bits per heavy atom. The summed E-state index contributed by atoms with van der Waals surface area (Å²) in [5.41, 5.74) is 0.368. The van der Waals surface area contributed by atoms with E-state index in [-0.39, 0.29) is 0 Å². The van der Waals surface area contributed by atoms with Crippen LogP contribution in [0.25, 0.3) is 16.3 Å². The van der Waals surface area contributed by atoms with Crippen molar-refractivity contribution in [1.82, 2.24) is 19.8 Å². The van der Waals surface area contributed by atoms with Crippen LogP contribution in [0.15, 0.2) is 18.2 Å². The van der Waals surface area contributed by atoms with Crippen LogP contribution in [0.3, 0.4) is 0 Å². The highest BCUT2D eigenvalue weighted by molar-refractivity contribution is 7.16. The first kappa shape index (κ1) is 12.2. The average Bonchev–Trinajstić information content (AvgIpc) is 2.87. The molecule has 1 aliphatic rings. The average molecular weight is 309 g/mol. The molecule has 1 fully saturated rings. The maximum absolute atomic E-state index is 14.0. The molecule has 7 heteroatoms. The zero-order valence-electron chi connectivity index (χ0n) is 10.4. The van der Waals surface area contributed by atoms with E-state index in [1.165, 1.54) is 36.7 Å². The van der Waals surface area contributed by atoms with Crippen LogP contribution in [0.4, 0.5) is 4.39 Å². The van der Waals surface area contributed by atoms with E-state index < -0.39 is 5.82 Å². The monoisotopic (exact) mass is 308 g/mol. The minimum Gasteiger partial charge on any atom is -0.206 e. The van der Waals surface area contributed by atoms with Crippen LogP contribution >= 0.6 is 22.9 Å². The standard InChI is InChI=1S/C13H10ClFN4S/c14-8-4-5-9(10(15)6-8)11-16-17-13-19(11)18-12(20-13)7-2-1-3-7/h4-7H,1-3H2. The molecule has 0 bridgehead atoms. The Labute approximate surface area is 123 Å². The summed E-state index contributed by atoms with van der Waals surface area (Å²) in [6.07, 6.45) is 3.60. The molecule has 3 aromatic rings. The number of aromatic nitrogens is 4. The van der Waals surface area contributed by atoms with Gasteiger partial charge in [0.15, 0.2) is 5.82 Å². The molecular weight excluding hydrogens is 299 g/mol. The van der Waals surface area contributed by atoms with Gasteiger partial charge in [0.05, 0.1) is 5.56 Å². The molecule has 2 aromatic heterocycles. The molecule has 0 spiro atoms. The lowest BCUT2D eigenvalue weighted by Gasteiger charge is -2.21. The smallest absolute Gasteiger partial charge is 0.206 e. The van der Waals surface area contributed by atoms with Crippen LogP contribution in [0, 0.1) is 5.82 Å². The zero-order valence-corrected chi connectivity index (χ0v) is 12.0. The minimum absolute atomic E-state index is 0.362. The van der Waals surface area contributed by atoms with Gasteiger partial charge in [-0.1, -0.05) is 29.4 Å². The molecular formula is C13H10ClFN4S. The molecule has 1 aliphatic carbocycles. The van der Waals surface area contributed by atoms with Crippen LogP contribution in [0.5, 0.6) is 0 Å². The summed E-state index contributed by atoms with van der Waals surface area (Å²) in [5, 5.41) is 14.1. The van der Waals surface area contributed by atoms with Gasteiger partial charge in [0.1, 0.15) is 10.8 Å². The Balaban J connectivity index is 1.84. The van der Waals surface area contributed by atoms with Gasteiger partial charge in [-0.05, 0) is 31.0 Å². The molecule has 20 heavy (non-hydrogen) atoms. The van der Waals surface area contributed by atoms with Gasteiger partial charge in [-0.25, -0.2) is 4.39 Å². The first-order valence-electron chi connectivity index (χ1n) is 6.40. The van der Waals surface area contributed by atoms with E-state index in [0.29, 0.717) is 27.3 Å². The van der Waals surface area contributed by atoms with Crippen LogP contribution < -0.4 is 0 Å².